The van der Waals surface area contributed by atoms with E-state index >= 15 is 0 Å². The Hall–Kier alpha value is -1.37. The van der Waals surface area contributed by atoms with Gasteiger partial charge in [0.1, 0.15) is 0 Å². The third-order valence-corrected chi connectivity index (χ3v) is 4.66. The predicted octanol–water partition coefficient (Wildman–Crippen LogP) is 5.91. The Balaban J connectivity index is 1.88. The van der Waals surface area contributed by atoms with Crippen molar-refractivity contribution in [2.45, 2.75) is 64.7 Å². The fraction of sp³-hybridized carbons (Fsp3) is 0.550. The molecule has 0 atom stereocenters. The van der Waals surface area contributed by atoms with Gasteiger partial charge in [-0.25, -0.2) is 0 Å². The molecular weight excluding hydrogens is 256 g/mol. The zero-order valence-electron chi connectivity index (χ0n) is 13.5. The van der Waals surface area contributed by atoms with E-state index in [1.165, 1.54) is 44.1 Å². The minimum Gasteiger partial charge on any atom is -0.294 e. The lowest BCUT2D eigenvalue weighted by Gasteiger charge is -2.27. The summed E-state index contributed by atoms with van der Waals surface area (Å²) in [5.41, 5.74) is 2.27. The SMILES string of the molecule is CCC/C=C/[C@H]1CC[C@H](c2ccc(C(=O)CC)cc2)CC1. The summed E-state index contributed by atoms with van der Waals surface area (Å²) in [5.74, 6) is 1.71. The average molecular weight is 284 g/mol. The zero-order chi connectivity index (χ0) is 15.1. The molecule has 0 amide bonds. The molecule has 114 valence electrons. The van der Waals surface area contributed by atoms with Gasteiger partial charge in [0.05, 0.1) is 0 Å². The van der Waals surface area contributed by atoms with Crippen LogP contribution >= 0.6 is 0 Å². The molecule has 0 heterocycles. The normalized spacial score (nSPS) is 22.6. The van der Waals surface area contributed by atoms with Gasteiger partial charge in [-0.3, -0.25) is 4.79 Å². The van der Waals surface area contributed by atoms with E-state index in [0.717, 1.165) is 11.5 Å². The molecule has 21 heavy (non-hydrogen) atoms. The van der Waals surface area contributed by atoms with E-state index in [-0.39, 0.29) is 5.78 Å². The second kappa shape index (κ2) is 8.17. The highest BCUT2D eigenvalue weighted by Gasteiger charge is 2.20. The van der Waals surface area contributed by atoms with Crippen molar-refractivity contribution in [3.05, 3.63) is 47.5 Å². The molecule has 0 radical (unpaired) electrons. The molecule has 0 saturated heterocycles. The number of Topliss-reactive ketones (excluding diaryl/α,β-unsaturated/α-hetero) is 1. The van der Waals surface area contributed by atoms with Crippen molar-refractivity contribution in [3.8, 4) is 0 Å². The molecule has 0 N–H and O–H groups in total. The van der Waals surface area contributed by atoms with Crippen LogP contribution in [0.2, 0.25) is 0 Å². The first kappa shape index (κ1) is 16.0. The van der Waals surface area contributed by atoms with E-state index < -0.39 is 0 Å². The maximum absolute atomic E-state index is 11.7. The minimum atomic E-state index is 0.242. The molecule has 1 aromatic rings. The number of hydrogen-bond donors (Lipinski definition) is 0. The highest BCUT2D eigenvalue weighted by atomic mass is 16.1. The number of hydrogen-bond acceptors (Lipinski definition) is 1. The van der Waals surface area contributed by atoms with Gasteiger partial charge in [-0.2, -0.15) is 0 Å². The van der Waals surface area contributed by atoms with Crippen LogP contribution in [-0.4, -0.2) is 5.78 Å². The topological polar surface area (TPSA) is 17.1 Å². The Bertz CT molecular complexity index is 461. The Morgan fingerprint density at radius 2 is 1.76 bits per heavy atom. The van der Waals surface area contributed by atoms with Gasteiger partial charge in [0.25, 0.3) is 0 Å². The number of carbonyl (C=O) groups excluding carboxylic acids is 1. The minimum absolute atomic E-state index is 0.242. The molecule has 2 rings (SSSR count). The van der Waals surface area contributed by atoms with E-state index in [2.05, 4.69) is 31.2 Å². The second-order valence-electron chi connectivity index (χ2n) is 6.23. The van der Waals surface area contributed by atoms with Crippen LogP contribution in [0.4, 0.5) is 0 Å². The molecule has 0 bridgehead atoms. The molecule has 1 aliphatic rings. The monoisotopic (exact) mass is 284 g/mol. The van der Waals surface area contributed by atoms with Crippen molar-refractivity contribution in [3.63, 3.8) is 0 Å². The summed E-state index contributed by atoms with van der Waals surface area (Å²) in [7, 11) is 0. The smallest absolute Gasteiger partial charge is 0.162 e. The lowest BCUT2D eigenvalue weighted by molar-refractivity contribution is 0.0988. The first-order chi connectivity index (χ1) is 10.2. The summed E-state index contributed by atoms with van der Waals surface area (Å²) in [4.78, 5) is 11.7. The Morgan fingerprint density at radius 3 is 2.33 bits per heavy atom. The first-order valence-corrected chi connectivity index (χ1v) is 8.54. The van der Waals surface area contributed by atoms with E-state index in [1.807, 2.05) is 19.1 Å². The largest absolute Gasteiger partial charge is 0.294 e. The van der Waals surface area contributed by atoms with Crippen molar-refractivity contribution in [1.82, 2.24) is 0 Å². The number of allylic oxidation sites excluding steroid dienone is 2. The highest BCUT2D eigenvalue weighted by molar-refractivity contribution is 5.95. The van der Waals surface area contributed by atoms with Crippen molar-refractivity contribution in [2.75, 3.05) is 0 Å². The summed E-state index contributed by atoms with van der Waals surface area (Å²) < 4.78 is 0. The fourth-order valence-electron chi connectivity index (χ4n) is 3.25. The van der Waals surface area contributed by atoms with Crippen LogP contribution < -0.4 is 0 Å². The molecule has 0 spiro atoms. The van der Waals surface area contributed by atoms with Crippen molar-refractivity contribution in [2.24, 2.45) is 5.92 Å². The van der Waals surface area contributed by atoms with Crippen LogP contribution in [0.25, 0.3) is 0 Å². The Morgan fingerprint density at radius 1 is 1.10 bits per heavy atom. The lowest BCUT2D eigenvalue weighted by Crippen LogP contribution is -2.12. The van der Waals surface area contributed by atoms with Crippen LogP contribution in [0.15, 0.2) is 36.4 Å². The molecular formula is C20H28O. The number of ketones is 1. The third kappa shape index (κ3) is 4.56. The van der Waals surface area contributed by atoms with Gasteiger partial charge in [0, 0.05) is 12.0 Å². The first-order valence-electron chi connectivity index (χ1n) is 8.54. The third-order valence-electron chi connectivity index (χ3n) is 4.66. The average Bonchev–Trinajstić information content (AvgIpc) is 2.55. The van der Waals surface area contributed by atoms with Gasteiger partial charge < -0.3 is 0 Å². The summed E-state index contributed by atoms with van der Waals surface area (Å²) in [6.45, 7) is 4.15. The van der Waals surface area contributed by atoms with Gasteiger partial charge in [-0.15, -0.1) is 0 Å². The van der Waals surface area contributed by atoms with Crippen molar-refractivity contribution < 1.29 is 4.79 Å². The molecule has 1 aliphatic carbocycles. The number of unbranched alkanes of at least 4 members (excludes halogenated alkanes) is 1. The van der Waals surface area contributed by atoms with E-state index in [9.17, 15) is 4.79 Å². The van der Waals surface area contributed by atoms with Crippen LogP contribution in [0.5, 0.6) is 0 Å². The van der Waals surface area contributed by atoms with Crippen LogP contribution in [0, 0.1) is 5.92 Å². The van der Waals surface area contributed by atoms with Gasteiger partial charge in [0.2, 0.25) is 0 Å². The predicted molar refractivity (Wildman–Crippen MR) is 89.8 cm³/mol. The van der Waals surface area contributed by atoms with E-state index in [4.69, 9.17) is 0 Å². The van der Waals surface area contributed by atoms with Gasteiger partial charge in [-0.05, 0) is 49.5 Å². The van der Waals surface area contributed by atoms with Crippen LogP contribution in [-0.2, 0) is 0 Å². The van der Waals surface area contributed by atoms with Crippen LogP contribution in [0.1, 0.15) is 80.6 Å². The maximum Gasteiger partial charge on any atom is 0.162 e. The Labute approximate surface area is 129 Å². The number of carbonyl (C=O) groups is 1. The fourth-order valence-corrected chi connectivity index (χ4v) is 3.25. The summed E-state index contributed by atoms with van der Waals surface area (Å²) in [5, 5.41) is 0. The molecule has 0 unspecified atom stereocenters. The molecule has 0 aliphatic heterocycles. The Kier molecular flexibility index (Phi) is 6.22. The van der Waals surface area contributed by atoms with Crippen molar-refractivity contribution in [1.29, 1.82) is 0 Å². The van der Waals surface area contributed by atoms with Gasteiger partial charge >= 0.3 is 0 Å². The summed E-state index contributed by atoms with van der Waals surface area (Å²) in [6, 6.07) is 8.35. The number of benzene rings is 1. The zero-order valence-corrected chi connectivity index (χ0v) is 13.5. The molecule has 1 saturated carbocycles. The summed E-state index contributed by atoms with van der Waals surface area (Å²) in [6.07, 6.45) is 13.0. The molecule has 1 nitrogen and oxygen atoms in total. The van der Waals surface area contributed by atoms with Gasteiger partial charge in [0.15, 0.2) is 5.78 Å². The maximum atomic E-state index is 11.7. The second-order valence-corrected chi connectivity index (χ2v) is 6.23. The molecule has 0 aromatic heterocycles. The lowest BCUT2D eigenvalue weighted by atomic mass is 9.78. The molecule has 1 fully saturated rings. The van der Waals surface area contributed by atoms with E-state index in [1.54, 1.807) is 0 Å². The summed E-state index contributed by atoms with van der Waals surface area (Å²) >= 11 is 0. The number of rotatable bonds is 6. The molecule has 1 heteroatoms. The van der Waals surface area contributed by atoms with Crippen LogP contribution in [0.3, 0.4) is 0 Å². The quantitative estimate of drug-likeness (QED) is 0.469. The highest BCUT2D eigenvalue weighted by Crippen LogP contribution is 2.36. The van der Waals surface area contributed by atoms with E-state index in [0.29, 0.717) is 12.3 Å². The standard InChI is InChI=1S/C20H28O/c1-3-5-6-7-16-8-10-17(11-9-16)18-12-14-19(15-13-18)20(21)4-2/h6-7,12-17H,3-5,8-11H2,1-2H3/b7-6+/t16-,17-. The van der Waals surface area contributed by atoms with Gasteiger partial charge in [-0.1, -0.05) is 56.7 Å². The van der Waals surface area contributed by atoms with Crippen molar-refractivity contribution >= 4 is 5.78 Å². The molecule has 1 aromatic carbocycles.